The van der Waals surface area contributed by atoms with Gasteiger partial charge in [0, 0.05) is 18.2 Å². The number of rotatable bonds is 6. The monoisotopic (exact) mass is 326 g/mol. The molecule has 0 aliphatic heterocycles. The molecule has 0 bridgehead atoms. The van der Waals surface area contributed by atoms with Crippen molar-refractivity contribution in [2.45, 2.75) is 26.4 Å². The molecule has 3 N–H and O–H groups in total. The number of nitriles is 1. The number of carbonyl (C=O) groups is 1. The molecule has 6 heteroatoms. The minimum atomic E-state index is -0.785. The molecule has 24 heavy (non-hydrogen) atoms. The number of aliphatic hydroxyl groups excluding tert-OH is 2. The molecule has 0 aliphatic carbocycles. The van der Waals surface area contributed by atoms with Gasteiger partial charge in [-0.3, -0.25) is 4.79 Å². The maximum Gasteiger partial charge on any atom is 0.304 e. The van der Waals surface area contributed by atoms with Crippen LogP contribution in [0.25, 0.3) is 0 Å². The minimum Gasteiger partial charge on any atom is -0.438 e. The normalized spacial score (nSPS) is 11.4. The van der Waals surface area contributed by atoms with E-state index in [0.29, 0.717) is 27.9 Å². The van der Waals surface area contributed by atoms with Gasteiger partial charge in [0.2, 0.25) is 0 Å². The first-order chi connectivity index (χ1) is 11.5. The van der Waals surface area contributed by atoms with E-state index in [-0.39, 0.29) is 13.2 Å². The zero-order chi connectivity index (χ0) is 17.5. The van der Waals surface area contributed by atoms with Crippen LogP contribution < -0.4 is 5.32 Å². The molecule has 2 rings (SSSR count). The van der Waals surface area contributed by atoms with Gasteiger partial charge in [0.1, 0.15) is 0 Å². The van der Waals surface area contributed by atoms with E-state index in [4.69, 9.17) is 10.00 Å². The highest BCUT2D eigenvalue weighted by Gasteiger charge is 2.16. The number of esters is 1. The maximum absolute atomic E-state index is 11.4. The summed E-state index contributed by atoms with van der Waals surface area (Å²) in [6.45, 7) is 0.922. The highest BCUT2D eigenvalue weighted by molar-refractivity contribution is 5.67. The molecule has 6 nitrogen and oxygen atoms in total. The summed E-state index contributed by atoms with van der Waals surface area (Å²) >= 11 is 0. The molecule has 0 saturated heterocycles. The van der Waals surface area contributed by atoms with Gasteiger partial charge >= 0.3 is 5.97 Å². The summed E-state index contributed by atoms with van der Waals surface area (Å²) in [6, 6.07) is 13.8. The molecule has 0 heterocycles. The number of carbonyl (C=O) groups excluding carboxylic acids is 1. The van der Waals surface area contributed by atoms with Crippen LogP contribution in [0.1, 0.15) is 35.4 Å². The van der Waals surface area contributed by atoms with Gasteiger partial charge in [0.05, 0.1) is 24.8 Å². The van der Waals surface area contributed by atoms with E-state index in [1.165, 1.54) is 6.92 Å². The van der Waals surface area contributed by atoms with E-state index in [2.05, 4.69) is 5.32 Å². The SMILES string of the molecule is CC(=O)OC(Nc1ccc(C#N)cc1)c1cc(CO)cc(CO)c1. The fourth-order valence-electron chi connectivity index (χ4n) is 2.26. The molecular formula is C18H18N2O4. The van der Waals surface area contributed by atoms with Gasteiger partial charge in [-0.25, -0.2) is 0 Å². The van der Waals surface area contributed by atoms with E-state index >= 15 is 0 Å². The van der Waals surface area contributed by atoms with Gasteiger partial charge in [-0.05, 0) is 47.5 Å². The van der Waals surface area contributed by atoms with E-state index in [9.17, 15) is 15.0 Å². The number of anilines is 1. The van der Waals surface area contributed by atoms with Gasteiger partial charge in [0.25, 0.3) is 0 Å². The zero-order valence-electron chi connectivity index (χ0n) is 13.2. The highest BCUT2D eigenvalue weighted by Crippen LogP contribution is 2.24. The van der Waals surface area contributed by atoms with E-state index in [1.54, 1.807) is 42.5 Å². The van der Waals surface area contributed by atoms with Crippen molar-refractivity contribution in [1.82, 2.24) is 0 Å². The van der Waals surface area contributed by atoms with E-state index < -0.39 is 12.2 Å². The zero-order valence-corrected chi connectivity index (χ0v) is 13.2. The van der Waals surface area contributed by atoms with E-state index in [1.807, 2.05) is 6.07 Å². The first-order valence-electron chi connectivity index (χ1n) is 7.34. The van der Waals surface area contributed by atoms with Gasteiger partial charge in [-0.1, -0.05) is 6.07 Å². The lowest BCUT2D eigenvalue weighted by molar-refractivity contribution is -0.145. The van der Waals surface area contributed by atoms with Gasteiger partial charge in [0.15, 0.2) is 6.23 Å². The fourth-order valence-corrected chi connectivity index (χ4v) is 2.26. The molecular weight excluding hydrogens is 308 g/mol. The summed E-state index contributed by atoms with van der Waals surface area (Å²) in [4.78, 5) is 11.4. The lowest BCUT2D eigenvalue weighted by Crippen LogP contribution is -2.18. The summed E-state index contributed by atoms with van der Waals surface area (Å²) < 4.78 is 5.32. The van der Waals surface area contributed by atoms with Crippen molar-refractivity contribution in [3.8, 4) is 6.07 Å². The van der Waals surface area contributed by atoms with Crippen molar-refractivity contribution in [2.24, 2.45) is 0 Å². The van der Waals surface area contributed by atoms with Crippen LogP contribution in [0.5, 0.6) is 0 Å². The summed E-state index contributed by atoms with van der Waals surface area (Å²) in [5.74, 6) is -0.471. The average Bonchev–Trinajstić information content (AvgIpc) is 2.60. The van der Waals surface area contributed by atoms with Gasteiger partial charge < -0.3 is 20.3 Å². The lowest BCUT2D eigenvalue weighted by Gasteiger charge is -2.21. The van der Waals surface area contributed by atoms with Crippen molar-refractivity contribution < 1.29 is 19.7 Å². The Morgan fingerprint density at radius 1 is 1.17 bits per heavy atom. The number of hydrogen-bond donors (Lipinski definition) is 3. The summed E-state index contributed by atoms with van der Waals surface area (Å²) in [5.41, 5.74) is 3.01. The van der Waals surface area contributed by atoms with Crippen LogP contribution in [0, 0.1) is 11.3 Å². The average molecular weight is 326 g/mol. The Morgan fingerprint density at radius 2 is 1.75 bits per heavy atom. The molecule has 1 unspecified atom stereocenters. The number of nitrogens with one attached hydrogen (secondary N) is 1. The summed E-state index contributed by atoms with van der Waals surface area (Å²) in [5, 5.41) is 30.6. The second-order valence-corrected chi connectivity index (χ2v) is 5.22. The van der Waals surface area contributed by atoms with Crippen molar-refractivity contribution in [3.63, 3.8) is 0 Å². The number of nitrogens with zero attached hydrogens (tertiary/aromatic N) is 1. The van der Waals surface area contributed by atoms with Crippen LogP contribution in [0.3, 0.4) is 0 Å². The van der Waals surface area contributed by atoms with Crippen LogP contribution in [0.4, 0.5) is 5.69 Å². The second-order valence-electron chi connectivity index (χ2n) is 5.22. The molecule has 0 radical (unpaired) electrons. The minimum absolute atomic E-state index is 0.190. The molecule has 0 aliphatic rings. The third kappa shape index (κ3) is 4.56. The molecule has 0 aromatic heterocycles. The second kappa shape index (κ2) is 8.11. The van der Waals surface area contributed by atoms with Crippen LogP contribution in [0.15, 0.2) is 42.5 Å². The topological polar surface area (TPSA) is 103 Å². The van der Waals surface area contributed by atoms with Crippen LogP contribution in [-0.2, 0) is 22.7 Å². The van der Waals surface area contributed by atoms with Crippen LogP contribution in [-0.4, -0.2) is 16.2 Å². The highest BCUT2D eigenvalue weighted by atomic mass is 16.6. The molecule has 1 atom stereocenters. The Morgan fingerprint density at radius 3 is 2.21 bits per heavy atom. The number of aliphatic hydroxyl groups is 2. The molecule has 2 aromatic rings. The van der Waals surface area contributed by atoms with Crippen LogP contribution in [0.2, 0.25) is 0 Å². The third-order valence-corrected chi connectivity index (χ3v) is 3.34. The molecule has 0 saturated carbocycles. The quantitative estimate of drug-likeness (QED) is 0.555. The van der Waals surface area contributed by atoms with Crippen molar-refractivity contribution in [3.05, 3.63) is 64.7 Å². The summed E-state index contributed by atoms with van der Waals surface area (Å²) in [7, 11) is 0. The van der Waals surface area contributed by atoms with Gasteiger partial charge in [-0.2, -0.15) is 5.26 Å². The maximum atomic E-state index is 11.4. The summed E-state index contributed by atoms with van der Waals surface area (Å²) in [6.07, 6.45) is -0.785. The molecule has 124 valence electrons. The number of benzene rings is 2. The predicted octanol–water partition coefficient (Wildman–Crippen LogP) is 2.22. The molecule has 0 amide bonds. The van der Waals surface area contributed by atoms with E-state index in [0.717, 1.165) is 0 Å². The first kappa shape index (κ1) is 17.5. The number of ether oxygens (including phenoxy) is 1. The van der Waals surface area contributed by atoms with Crippen LogP contribution >= 0.6 is 0 Å². The Hall–Kier alpha value is -2.88. The van der Waals surface area contributed by atoms with Crippen molar-refractivity contribution in [2.75, 3.05) is 5.32 Å². The molecule has 0 fully saturated rings. The standard InChI is InChI=1S/C18H18N2O4/c1-12(23)24-18(20-17-4-2-13(9-19)3-5-17)16-7-14(10-21)6-15(8-16)11-22/h2-8,18,20-22H,10-11H2,1H3. The van der Waals surface area contributed by atoms with Crippen molar-refractivity contribution >= 4 is 11.7 Å². The third-order valence-electron chi connectivity index (χ3n) is 3.34. The largest absolute Gasteiger partial charge is 0.438 e. The Kier molecular flexibility index (Phi) is 5.90. The van der Waals surface area contributed by atoms with Gasteiger partial charge in [-0.15, -0.1) is 0 Å². The number of hydrogen-bond acceptors (Lipinski definition) is 6. The smallest absolute Gasteiger partial charge is 0.304 e. The lowest BCUT2D eigenvalue weighted by atomic mass is 10.0. The fraction of sp³-hybridized carbons (Fsp3) is 0.222. The first-order valence-corrected chi connectivity index (χ1v) is 7.34. The Bertz CT molecular complexity index is 728. The molecule has 2 aromatic carbocycles. The predicted molar refractivity (Wildman–Crippen MR) is 87.6 cm³/mol. The molecule has 0 spiro atoms. The Balaban J connectivity index is 2.33. The van der Waals surface area contributed by atoms with Crippen molar-refractivity contribution in [1.29, 1.82) is 5.26 Å². The Labute approximate surface area is 139 Å².